The summed E-state index contributed by atoms with van der Waals surface area (Å²) in [4.78, 5) is 27.3. The van der Waals surface area contributed by atoms with Gasteiger partial charge in [-0.1, -0.05) is 20.4 Å². The fourth-order valence-corrected chi connectivity index (χ4v) is 2.27. The second-order valence-corrected chi connectivity index (χ2v) is 5.19. The zero-order valence-electron chi connectivity index (χ0n) is 12.1. The lowest BCUT2D eigenvalue weighted by atomic mass is 10.0. The summed E-state index contributed by atoms with van der Waals surface area (Å²) in [5.74, 6) is 0.188. The van der Waals surface area contributed by atoms with Gasteiger partial charge in [-0.25, -0.2) is 0 Å². The molecule has 0 saturated carbocycles. The molecule has 0 N–H and O–H groups in total. The number of hydrogen-bond acceptors (Lipinski definition) is 3. The summed E-state index contributed by atoms with van der Waals surface area (Å²) in [5, 5.41) is 0. The van der Waals surface area contributed by atoms with Crippen LogP contribution in [0.5, 0.6) is 0 Å². The van der Waals surface area contributed by atoms with Crippen LogP contribution in [0.3, 0.4) is 0 Å². The molecular formula is C14H24N2O3. The lowest BCUT2D eigenvalue weighted by molar-refractivity contribution is -0.139. The predicted octanol–water partition coefficient (Wildman–Crippen LogP) is 1.25. The van der Waals surface area contributed by atoms with Crippen molar-refractivity contribution >= 4 is 11.8 Å². The van der Waals surface area contributed by atoms with Crippen LogP contribution in [0.1, 0.15) is 26.7 Å². The molecule has 1 heterocycles. The van der Waals surface area contributed by atoms with Crippen LogP contribution in [0.15, 0.2) is 12.8 Å². The average Bonchev–Trinajstić information content (AvgIpc) is 2.43. The van der Waals surface area contributed by atoms with E-state index in [-0.39, 0.29) is 30.4 Å². The zero-order valence-corrected chi connectivity index (χ0v) is 12.1. The highest BCUT2D eigenvalue weighted by Crippen LogP contribution is 2.17. The normalized spacial score (nSPS) is 16.3. The third kappa shape index (κ3) is 4.26. The van der Waals surface area contributed by atoms with Crippen LogP contribution in [-0.2, 0) is 14.3 Å². The number of amides is 2. The van der Waals surface area contributed by atoms with Crippen LogP contribution in [0.4, 0.5) is 0 Å². The van der Waals surface area contributed by atoms with Crippen molar-refractivity contribution in [1.82, 2.24) is 9.80 Å². The van der Waals surface area contributed by atoms with Crippen LogP contribution < -0.4 is 0 Å². The Bertz CT molecular complexity index is 334. The van der Waals surface area contributed by atoms with E-state index >= 15 is 0 Å². The molecule has 0 aliphatic carbocycles. The van der Waals surface area contributed by atoms with Crippen molar-refractivity contribution in [2.75, 3.05) is 26.7 Å². The number of rotatable bonds is 5. The van der Waals surface area contributed by atoms with E-state index in [1.807, 2.05) is 18.7 Å². The van der Waals surface area contributed by atoms with Crippen LogP contribution in [0.2, 0.25) is 0 Å². The van der Waals surface area contributed by atoms with Gasteiger partial charge in [-0.15, -0.1) is 0 Å². The van der Waals surface area contributed by atoms with Gasteiger partial charge in [0.25, 0.3) is 5.91 Å². The molecule has 1 fully saturated rings. The third-order valence-electron chi connectivity index (χ3n) is 3.54. The van der Waals surface area contributed by atoms with E-state index in [1.54, 1.807) is 11.9 Å². The molecule has 2 amide bonds. The van der Waals surface area contributed by atoms with E-state index in [4.69, 9.17) is 4.74 Å². The van der Waals surface area contributed by atoms with Gasteiger partial charge in [-0.3, -0.25) is 9.59 Å². The lowest BCUT2D eigenvalue weighted by Gasteiger charge is -2.37. The van der Waals surface area contributed by atoms with E-state index < -0.39 is 0 Å². The topological polar surface area (TPSA) is 49.9 Å². The summed E-state index contributed by atoms with van der Waals surface area (Å²) in [6.07, 6.45) is 2.93. The van der Waals surface area contributed by atoms with Crippen LogP contribution in [-0.4, -0.2) is 54.4 Å². The highest BCUT2D eigenvalue weighted by molar-refractivity contribution is 5.79. The first-order valence-electron chi connectivity index (χ1n) is 6.74. The van der Waals surface area contributed by atoms with Gasteiger partial charge in [0.15, 0.2) is 6.61 Å². The number of carbonyl (C=O) groups excluding carboxylic acids is 2. The minimum absolute atomic E-state index is 0.0329. The average molecular weight is 268 g/mol. The molecule has 5 heteroatoms. The molecule has 1 aliphatic rings. The molecule has 0 aromatic rings. The molecule has 0 atom stereocenters. The Labute approximate surface area is 115 Å². The summed E-state index contributed by atoms with van der Waals surface area (Å²) < 4.78 is 4.91. The molecular weight excluding hydrogens is 244 g/mol. The number of hydrogen-bond donors (Lipinski definition) is 0. The number of likely N-dealkylation sites (N-methyl/N-ethyl adjacent to an activating group) is 1. The fourth-order valence-electron chi connectivity index (χ4n) is 2.27. The zero-order chi connectivity index (χ0) is 14.4. The molecule has 0 aromatic heterocycles. The monoisotopic (exact) mass is 268 g/mol. The number of carbonyl (C=O) groups is 2. The summed E-state index contributed by atoms with van der Waals surface area (Å²) in [5.41, 5.74) is 0. The molecule has 5 nitrogen and oxygen atoms in total. The van der Waals surface area contributed by atoms with Crippen molar-refractivity contribution in [2.45, 2.75) is 32.7 Å². The van der Waals surface area contributed by atoms with Gasteiger partial charge in [-0.2, -0.15) is 0 Å². The molecule has 0 unspecified atom stereocenters. The maximum atomic E-state index is 11.9. The number of likely N-dealkylation sites (tertiary alicyclic amines) is 1. The molecule has 0 spiro atoms. The summed E-state index contributed by atoms with van der Waals surface area (Å²) in [7, 11) is 1.79. The molecule has 19 heavy (non-hydrogen) atoms. The molecule has 1 saturated heterocycles. The maximum Gasteiger partial charge on any atom is 0.260 e. The first kappa shape index (κ1) is 15.5. The standard InChI is InChI=1S/C14H24N2O3/c1-5-19-10-13(17)15(4)12-6-8-16(9-7-12)14(18)11(2)3/h5,11-12H,1,6-10H2,2-4H3. The maximum absolute atomic E-state index is 11.9. The molecule has 108 valence electrons. The highest BCUT2D eigenvalue weighted by atomic mass is 16.5. The Morgan fingerprint density at radius 3 is 2.47 bits per heavy atom. The Morgan fingerprint density at radius 1 is 1.42 bits per heavy atom. The van der Waals surface area contributed by atoms with Gasteiger partial charge in [0.05, 0.1) is 6.26 Å². The minimum atomic E-state index is -0.0477. The van der Waals surface area contributed by atoms with Crippen molar-refractivity contribution in [3.8, 4) is 0 Å². The van der Waals surface area contributed by atoms with E-state index in [0.717, 1.165) is 25.9 Å². The Balaban J connectivity index is 2.42. The van der Waals surface area contributed by atoms with Crippen molar-refractivity contribution in [3.05, 3.63) is 12.8 Å². The van der Waals surface area contributed by atoms with Gasteiger partial charge in [-0.05, 0) is 12.8 Å². The highest BCUT2D eigenvalue weighted by Gasteiger charge is 2.28. The molecule has 1 aliphatic heterocycles. The van der Waals surface area contributed by atoms with Gasteiger partial charge in [0.1, 0.15) is 0 Å². The molecule has 0 radical (unpaired) electrons. The first-order valence-corrected chi connectivity index (χ1v) is 6.74. The Hall–Kier alpha value is -1.52. The van der Waals surface area contributed by atoms with Crippen molar-refractivity contribution in [1.29, 1.82) is 0 Å². The predicted molar refractivity (Wildman–Crippen MR) is 73.4 cm³/mol. The molecule has 0 aromatic carbocycles. The lowest BCUT2D eigenvalue weighted by Crippen LogP contribution is -2.48. The summed E-state index contributed by atoms with van der Waals surface area (Å²) in [6.45, 7) is 8.72. The molecule has 0 bridgehead atoms. The smallest absolute Gasteiger partial charge is 0.260 e. The summed E-state index contributed by atoms with van der Waals surface area (Å²) >= 11 is 0. The summed E-state index contributed by atoms with van der Waals surface area (Å²) in [6, 6.07) is 0.192. The fraction of sp³-hybridized carbons (Fsp3) is 0.714. The number of piperidine rings is 1. The minimum Gasteiger partial charge on any atom is -0.492 e. The van der Waals surface area contributed by atoms with Crippen LogP contribution in [0, 0.1) is 5.92 Å². The van der Waals surface area contributed by atoms with E-state index in [9.17, 15) is 9.59 Å². The first-order chi connectivity index (χ1) is 8.97. The van der Waals surface area contributed by atoms with Crippen molar-refractivity contribution < 1.29 is 14.3 Å². The van der Waals surface area contributed by atoms with Crippen molar-refractivity contribution in [2.24, 2.45) is 5.92 Å². The quantitative estimate of drug-likeness (QED) is 0.705. The van der Waals surface area contributed by atoms with Gasteiger partial charge in [0.2, 0.25) is 5.91 Å². The van der Waals surface area contributed by atoms with Gasteiger partial charge >= 0.3 is 0 Å². The largest absolute Gasteiger partial charge is 0.492 e. The van der Waals surface area contributed by atoms with Crippen LogP contribution in [0.25, 0.3) is 0 Å². The van der Waals surface area contributed by atoms with Gasteiger partial charge < -0.3 is 14.5 Å². The van der Waals surface area contributed by atoms with Gasteiger partial charge in [0, 0.05) is 32.1 Å². The van der Waals surface area contributed by atoms with E-state index in [1.165, 1.54) is 6.26 Å². The number of nitrogens with zero attached hydrogens (tertiary/aromatic N) is 2. The SMILES string of the molecule is C=COCC(=O)N(C)C1CCN(C(=O)C(C)C)CC1. The Kier molecular flexibility index (Phi) is 5.86. The Morgan fingerprint density at radius 2 is 2.00 bits per heavy atom. The van der Waals surface area contributed by atoms with E-state index in [0.29, 0.717) is 0 Å². The second kappa shape index (κ2) is 7.16. The van der Waals surface area contributed by atoms with E-state index in [2.05, 4.69) is 6.58 Å². The second-order valence-electron chi connectivity index (χ2n) is 5.19. The molecule has 1 rings (SSSR count). The number of ether oxygens (including phenoxy) is 1. The van der Waals surface area contributed by atoms with Crippen LogP contribution >= 0.6 is 0 Å². The third-order valence-corrected chi connectivity index (χ3v) is 3.54. The van der Waals surface area contributed by atoms with Crippen molar-refractivity contribution in [3.63, 3.8) is 0 Å².